The zero-order chi connectivity index (χ0) is 31.9. The number of likely N-dealkylation sites (tertiary alicyclic amines) is 2. The van der Waals surface area contributed by atoms with Crippen molar-refractivity contribution in [2.45, 2.75) is 51.5 Å². The van der Waals surface area contributed by atoms with Crippen molar-refractivity contribution in [1.29, 1.82) is 0 Å². The number of aromatic nitrogens is 1. The smallest absolute Gasteiger partial charge is 0.409 e. The molecule has 9 nitrogen and oxygen atoms in total. The second-order valence-corrected chi connectivity index (χ2v) is 12.7. The van der Waals surface area contributed by atoms with E-state index in [2.05, 4.69) is 17.3 Å². The summed E-state index contributed by atoms with van der Waals surface area (Å²) in [6.45, 7) is 4.66. The van der Waals surface area contributed by atoms with E-state index in [0.29, 0.717) is 79.8 Å². The highest BCUT2D eigenvalue weighted by Crippen LogP contribution is 2.45. The summed E-state index contributed by atoms with van der Waals surface area (Å²) in [6, 6.07) is 13.4. The summed E-state index contributed by atoms with van der Waals surface area (Å²) in [4.78, 5) is 43.6. The lowest BCUT2D eigenvalue weighted by atomic mass is 9.88. The fourth-order valence-electron chi connectivity index (χ4n) is 7.32. The van der Waals surface area contributed by atoms with Crippen LogP contribution in [0.25, 0.3) is 27.4 Å². The van der Waals surface area contributed by atoms with Crippen LogP contribution in [-0.2, 0) is 11.2 Å². The summed E-state index contributed by atoms with van der Waals surface area (Å²) in [5, 5.41) is 4.99. The van der Waals surface area contributed by atoms with Gasteiger partial charge in [0.15, 0.2) is 11.5 Å². The van der Waals surface area contributed by atoms with Crippen molar-refractivity contribution in [3.8, 4) is 17.2 Å². The molecule has 10 heteroatoms. The lowest BCUT2D eigenvalue weighted by Gasteiger charge is -2.32. The van der Waals surface area contributed by atoms with Crippen molar-refractivity contribution in [1.82, 2.24) is 19.7 Å². The van der Waals surface area contributed by atoms with Crippen molar-refractivity contribution in [3.05, 3.63) is 75.8 Å². The van der Waals surface area contributed by atoms with Gasteiger partial charge in [-0.1, -0.05) is 24.3 Å². The van der Waals surface area contributed by atoms with Gasteiger partial charge in [0, 0.05) is 37.4 Å². The van der Waals surface area contributed by atoms with Gasteiger partial charge < -0.3 is 29.2 Å². The lowest BCUT2D eigenvalue weighted by molar-refractivity contribution is 0.0915. The average Bonchev–Trinajstić information content (AvgIpc) is 3.47. The second kappa shape index (κ2) is 12.4. The number of carbonyl (C=O) groups excluding carboxylic acids is 2. The molecule has 240 valence electrons. The number of nitrogens with zero attached hydrogens (tertiary/aromatic N) is 3. The SMILES string of the molecule is CCOC(=O)N1CCC(Cc2c(F)cc3c(=O)c(C(=O)NCCC4CCCN4C)cn4c3c2Oc2cc3ccccc3cc2-4)CC1. The standard InChI is InChI=1S/C36H39FN4O5/c1-3-45-36(44)40-15-11-22(12-16-40)17-26-29(37)20-27-32-34(26)46-31-19-24-8-5-4-7-23(24)18-30(31)41(32)21-28(33(27)42)35(43)38-13-10-25-9-6-14-39(25)2/h4-5,7-8,18-22,25H,3,6,9-17H2,1-2H3,(H,38,43). The summed E-state index contributed by atoms with van der Waals surface area (Å²) in [7, 11) is 2.09. The predicted molar refractivity (Wildman–Crippen MR) is 175 cm³/mol. The summed E-state index contributed by atoms with van der Waals surface area (Å²) < 4.78 is 29.6. The topological polar surface area (TPSA) is 93.1 Å². The van der Waals surface area contributed by atoms with Gasteiger partial charge in [-0.15, -0.1) is 0 Å². The number of hydrogen-bond acceptors (Lipinski definition) is 6. The maximum Gasteiger partial charge on any atom is 0.409 e. The van der Waals surface area contributed by atoms with Crippen LogP contribution in [0, 0.1) is 11.7 Å². The molecule has 3 aromatic carbocycles. The molecule has 1 atom stereocenters. The van der Waals surface area contributed by atoms with E-state index in [9.17, 15) is 14.4 Å². The van der Waals surface area contributed by atoms with Crippen molar-refractivity contribution < 1.29 is 23.5 Å². The molecular weight excluding hydrogens is 587 g/mol. The Morgan fingerprint density at radius 1 is 1.07 bits per heavy atom. The first-order valence-electron chi connectivity index (χ1n) is 16.3. The van der Waals surface area contributed by atoms with Crippen molar-refractivity contribution >= 4 is 33.7 Å². The van der Waals surface area contributed by atoms with Crippen molar-refractivity contribution in [2.75, 3.05) is 39.8 Å². The number of piperidine rings is 1. The molecule has 0 radical (unpaired) electrons. The zero-order valence-electron chi connectivity index (χ0n) is 26.3. The van der Waals surface area contributed by atoms with E-state index in [1.807, 2.05) is 41.0 Å². The molecule has 2 saturated heterocycles. The molecule has 0 aliphatic carbocycles. The molecule has 3 aliphatic rings. The molecule has 7 rings (SSSR count). The Labute approximate surface area is 266 Å². The normalized spacial score (nSPS) is 18.1. The molecule has 1 aromatic heterocycles. The van der Waals surface area contributed by atoms with Crippen LogP contribution < -0.4 is 15.5 Å². The lowest BCUT2D eigenvalue weighted by Crippen LogP contribution is -2.39. The van der Waals surface area contributed by atoms with Gasteiger partial charge in [0.1, 0.15) is 16.9 Å². The fourth-order valence-corrected chi connectivity index (χ4v) is 7.32. The van der Waals surface area contributed by atoms with Crippen LogP contribution in [0.1, 0.15) is 54.9 Å². The first-order chi connectivity index (χ1) is 22.3. The number of pyridine rings is 1. The summed E-state index contributed by atoms with van der Waals surface area (Å²) in [5.41, 5.74) is 0.976. The number of amides is 2. The Kier molecular flexibility index (Phi) is 8.15. The number of carbonyl (C=O) groups is 2. The minimum Gasteiger partial charge on any atom is -0.452 e. The van der Waals surface area contributed by atoms with Crippen LogP contribution in [0.5, 0.6) is 11.5 Å². The maximum atomic E-state index is 16.1. The highest BCUT2D eigenvalue weighted by Gasteiger charge is 2.31. The molecule has 4 aromatic rings. The molecule has 3 aliphatic heterocycles. The van der Waals surface area contributed by atoms with Gasteiger partial charge in [-0.05, 0) is 93.9 Å². The number of benzene rings is 3. The third-order valence-electron chi connectivity index (χ3n) is 9.90. The van der Waals surface area contributed by atoms with Crippen LogP contribution in [0.3, 0.4) is 0 Å². The number of halogens is 1. The second-order valence-electron chi connectivity index (χ2n) is 12.7. The Morgan fingerprint density at radius 2 is 1.83 bits per heavy atom. The largest absolute Gasteiger partial charge is 0.452 e. The first-order valence-corrected chi connectivity index (χ1v) is 16.3. The molecule has 4 heterocycles. The van der Waals surface area contributed by atoms with Gasteiger partial charge in [-0.2, -0.15) is 0 Å². The molecular formula is C36H39FN4O5. The molecule has 46 heavy (non-hydrogen) atoms. The number of nitrogens with one attached hydrogen (secondary N) is 1. The molecule has 0 bridgehead atoms. The van der Waals surface area contributed by atoms with Crippen molar-refractivity contribution in [3.63, 3.8) is 0 Å². The quantitative estimate of drug-likeness (QED) is 0.238. The van der Waals surface area contributed by atoms with E-state index in [4.69, 9.17) is 9.47 Å². The zero-order valence-corrected chi connectivity index (χ0v) is 26.3. The number of hydrogen-bond donors (Lipinski definition) is 1. The van der Waals surface area contributed by atoms with Gasteiger partial charge in [-0.3, -0.25) is 9.59 Å². The highest BCUT2D eigenvalue weighted by molar-refractivity contribution is 6.00. The minimum atomic E-state index is -0.537. The van der Waals surface area contributed by atoms with Gasteiger partial charge >= 0.3 is 6.09 Å². The predicted octanol–water partition coefficient (Wildman–Crippen LogP) is 6.01. The van der Waals surface area contributed by atoms with Gasteiger partial charge in [-0.25, -0.2) is 9.18 Å². The first kappa shape index (κ1) is 30.2. The van der Waals surface area contributed by atoms with Gasteiger partial charge in [0.05, 0.1) is 17.7 Å². The average molecular weight is 627 g/mol. The Morgan fingerprint density at radius 3 is 2.54 bits per heavy atom. The highest BCUT2D eigenvalue weighted by atomic mass is 19.1. The number of rotatable bonds is 7. The van der Waals surface area contributed by atoms with E-state index >= 15 is 4.39 Å². The van der Waals surface area contributed by atoms with E-state index < -0.39 is 17.2 Å². The van der Waals surface area contributed by atoms with Crippen LogP contribution in [0.15, 0.2) is 53.5 Å². The minimum absolute atomic E-state index is 0.0299. The molecule has 0 saturated carbocycles. The molecule has 2 fully saturated rings. The molecule has 1 unspecified atom stereocenters. The van der Waals surface area contributed by atoms with Crippen LogP contribution in [0.4, 0.5) is 9.18 Å². The molecule has 0 spiro atoms. The monoisotopic (exact) mass is 626 g/mol. The fraction of sp³-hybridized carbons (Fsp3) is 0.417. The summed E-state index contributed by atoms with van der Waals surface area (Å²) >= 11 is 0. The van der Waals surface area contributed by atoms with Crippen molar-refractivity contribution in [2.24, 2.45) is 5.92 Å². The number of fused-ring (bicyclic) bond motifs is 3. The summed E-state index contributed by atoms with van der Waals surface area (Å²) in [6.07, 6.45) is 6.07. The van der Waals surface area contributed by atoms with E-state index in [1.165, 1.54) is 6.07 Å². The third-order valence-corrected chi connectivity index (χ3v) is 9.90. The maximum absolute atomic E-state index is 16.1. The number of ether oxygens (including phenoxy) is 2. The Balaban J connectivity index is 1.27. The van der Waals surface area contributed by atoms with Gasteiger partial charge in [0.25, 0.3) is 5.91 Å². The van der Waals surface area contributed by atoms with E-state index in [-0.39, 0.29) is 23.0 Å². The van der Waals surface area contributed by atoms with Gasteiger partial charge in [0.2, 0.25) is 5.43 Å². The van der Waals surface area contributed by atoms with Crippen LogP contribution >= 0.6 is 0 Å². The van der Waals surface area contributed by atoms with E-state index in [0.717, 1.165) is 36.6 Å². The summed E-state index contributed by atoms with van der Waals surface area (Å²) in [5.74, 6) is -0.0659. The van der Waals surface area contributed by atoms with Crippen LogP contribution in [-0.4, -0.2) is 72.2 Å². The van der Waals surface area contributed by atoms with Crippen LogP contribution in [0.2, 0.25) is 0 Å². The Bertz CT molecular complexity index is 1900. The van der Waals surface area contributed by atoms with E-state index in [1.54, 1.807) is 18.0 Å². The third kappa shape index (κ3) is 5.48. The Hall–Kier alpha value is -4.44. The molecule has 2 amide bonds. The molecule has 1 N–H and O–H groups in total.